The number of hydrogen-bond donors (Lipinski definition) is 2. The highest BCUT2D eigenvalue weighted by atomic mass is 32.1. The van der Waals surface area contributed by atoms with Crippen molar-refractivity contribution in [3.05, 3.63) is 51.8 Å². The standard InChI is InChI=1S/C19H18FN3O3S/c1-4-26-19(25)16-15(12-5-7-13(20)8-6-12)11(3)27-18(16)23-10(2)14(9-21)17(22)24/h5-8,23H,4H2,1-3H3,(H2,22,24). The Labute approximate surface area is 160 Å². The number of halogens is 1. The molecule has 0 fully saturated rings. The molecule has 3 N–H and O–H groups in total. The molecular formula is C19H18FN3O3S. The number of benzene rings is 1. The first kappa shape index (κ1) is 20.1. The molecule has 0 saturated heterocycles. The van der Waals surface area contributed by atoms with E-state index in [9.17, 15) is 14.0 Å². The molecule has 6 nitrogen and oxygen atoms in total. The maximum absolute atomic E-state index is 13.3. The van der Waals surface area contributed by atoms with Crippen molar-refractivity contribution in [2.24, 2.45) is 5.73 Å². The van der Waals surface area contributed by atoms with Crippen molar-refractivity contribution in [3.8, 4) is 17.2 Å². The first-order chi connectivity index (χ1) is 12.8. The van der Waals surface area contributed by atoms with Crippen LogP contribution in [0.3, 0.4) is 0 Å². The van der Waals surface area contributed by atoms with E-state index in [1.165, 1.54) is 30.4 Å². The number of nitrogens with one attached hydrogen (secondary N) is 1. The predicted molar refractivity (Wildman–Crippen MR) is 102 cm³/mol. The molecule has 1 heterocycles. The van der Waals surface area contributed by atoms with Crippen molar-refractivity contribution in [1.82, 2.24) is 0 Å². The van der Waals surface area contributed by atoms with Crippen molar-refractivity contribution in [3.63, 3.8) is 0 Å². The molecule has 0 aliphatic heterocycles. The number of anilines is 1. The van der Waals surface area contributed by atoms with E-state index in [4.69, 9.17) is 15.7 Å². The summed E-state index contributed by atoms with van der Waals surface area (Å²) < 4.78 is 18.4. The van der Waals surface area contributed by atoms with Crippen LogP contribution in [0.15, 0.2) is 35.5 Å². The zero-order valence-electron chi connectivity index (χ0n) is 15.1. The summed E-state index contributed by atoms with van der Waals surface area (Å²) in [7, 11) is 0. The van der Waals surface area contributed by atoms with Crippen molar-refractivity contribution >= 4 is 28.2 Å². The first-order valence-electron chi connectivity index (χ1n) is 8.04. The quantitative estimate of drug-likeness (QED) is 0.446. The number of nitriles is 1. The molecule has 1 amide bonds. The smallest absolute Gasteiger partial charge is 0.341 e. The lowest BCUT2D eigenvalue weighted by molar-refractivity contribution is -0.114. The Bertz CT molecular complexity index is 956. The van der Waals surface area contributed by atoms with Crippen molar-refractivity contribution in [2.75, 3.05) is 11.9 Å². The lowest BCUT2D eigenvalue weighted by Crippen LogP contribution is -2.17. The summed E-state index contributed by atoms with van der Waals surface area (Å²) in [5.74, 6) is -1.82. The van der Waals surface area contributed by atoms with E-state index in [0.717, 1.165) is 4.88 Å². The number of allylic oxidation sites excluding steroid dienone is 1. The number of nitrogens with zero attached hydrogens (tertiary/aromatic N) is 1. The largest absolute Gasteiger partial charge is 0.462 e. The second-order valence-corrected chi connectivity index (χ2v) is 6.79. The summed E-state index contributed by atoms with van der Waals surface area (Å²) in [6.07, 6.45) is 0. The number of carbonyl (C=O) groups is 2. The Balaban J connectivity index is 2.64. The molecule has 0 unspecified atom stereocenters. The molecule has 0 bridgehead atoms. The number of carbonyl (C=O) groups excluding carboxylic acids is 2. The average molecular weight is 387 g/mol. The summed E-state index contributed by atoms with van der Waals surface area (Å²) >= 11 is 1.26. The number of primary amides is 1. The van der Waals surface area contributed by atoms with Gasteiger partial charge in [0.1, 0.15) is 28.0 Å². The third-order valence-electron chi connectivity index (χ3n) is 3.73. The Kier molecular flexibility index (Phi) is 6.32. The zero-order valence-corrected chi connectivity index (χ0v) is 15.9. The minimum absolute atomic E-state index is 0.176. The van der Waals surface area contributed by atoms with Gasteiger partial charge in [-0.15, -0.1) is 11.3 Å². The Morgan fingerprint density at radius 3 is 2.48 bits per heavy atom. The highest BCUT2D eigenvalue weighted by Gasteiger charge is 2.25. The SMILES string of the molecule is CCOC(=O)c1c(NC(C)=C(C#N)C(N)=O)sc(C)c1-c1ccc(F)cc1. The fraction of sp³-hybridized carbons (Fsp3) is 0.211. The van der Waals surface area contributed by atoms with E-state index < -0.39 is 11.9 Å². The second-order valence-electron chi connectivity index (χ2n) is 5.57. The van der Waals surface area contributed by atoms with Gasteiger partial charge in [0.25, 0.3) is 5.91 Å². The topological polar surface area (TPSA) is 105 Å². The third kappa shape index (κ3) is 4.33. The van der Waals surface area contributed by atoms with E-state index in [2.05, 4.69) is 5.32 Å². The number of rotatable bonds is 6. The fourth-order valence-electron chi connectivity index (χ4n) is 2.55. The van der Waals surface area contributed by atoms with Crippen molar-refractivity contribution in [2.45, 2.75) is 20.8 Å². The van der Waals surface area contributed by atoms with Gasteiger partial charge >= 0.3 is 5.97 Å². The molecule has 2 aromatic rings. The van der Waals surface area contributed by atoms with Crippen LogP contribution in [-0.2, 0) is 9.53 Å². The Morgan fingerprint density at radius 1 is 1.33 bits per heavy atom. The Morgan fingerprint density at radius 2 is 1.96 bits per heavy atom. The van der Waals surface area contributed by atoms with Crippen LogP contribution in [-0.4, -0.2) is 18.5 Å². The molecule has 140 valence electrons. The van der Waals surface area contributed by atoms with Crippen LogP contribution in [0.4, 0.5) is 9.39 Å². The third-order valence-corrected chi connectivity index (χ3v) is 4.75. The molecule has 8 heteroatoms. The van der Waals surface area contributed by atoms with Crippen LogP contribution in [0.1, 0.15) is 29.1 Å². The fourth-order valence-corrected chi connectivity index (χ4v) is 3.67. The van der Waals surface area contributed by atoms with Crippen LogP contribution >= 0.6 is 11.3 Å². The van der Waals surface area contributed by atoms with Gasteiger partial charge in [0.05, 0.1) is 6.61 Å². The summed E-state index contributed by atoms with van der Waals surface area (Å²) in [6, 6.07) is 7.50. The van der Waals surface area contributed by atoms with Crippen LogP contribution in [0.25, 0.3) is 11.1 Å². The second kappa shape index (κ2) is 8.47. The van der Waals surface area contributed by atoms with Gasteiger partial charge in [-0.1, -0.05) is 12.1 Å². The van der Waals surface area contributed by atoms with Gasteiger partial charge in [-0.25, -0.2) is 9.18 Å². The molecule has 0 saturated carbocycles. The highest BCUT2D eigenvalue weighted by Crippen LogP contribution is 2.41. The highest BCUT2D eigenvalue weighted by molar-refractivity contribution is 7.17. The van der Waals surface area contributed by atoms with E-state index in [-0.39, 0.29) is 29.3 Å². The van der Waals surface area contributed by atoms with Gasteiger partial charge in [-0.2, -0.15) is 5.26 Å². The summed E-state index contributed by atoms with van der Waals surface area (Å²) in [5, 5.41) is 12.4. The molecule has 0 aliphatic carbocycles. The maximum Gasteiger partial charge on any atom is 0.341 e. The Hall–Kier alpha value is -3.18. The monoisotopic (exact) mass is 387 g/mol. The predicted octanol–water partition coefficient (Wildman–Crippen LogP) is 3.73. The molecule has 0 spiro atoms. The number of amides is 1. The summed E-state index contributed by atoms with van der Waals surface area (Å²) in [6.45, 7) is 5.20. The van der Waals surface area contributed by atoms with Crippen LogP contribution < -0.4 is 11.1 Å². The van der Waals surface area contributed by atoms with Gasteiger partial charge in [0.2, 0.25) is 0 Å². The molecule has 0 aliphatic rings. The molecule has 1 aromatic heterocycles. The van der Waals surface area contributed by atoms with Gasteiger partial charge in [0.15, 0.2) is 0 Å². The van der Waals surface area contributed by atoms with Crippen molar-refractivity contribution in [1.29, 1.82) is 5.26 Å². The average Bonchev–Trinajstić information content (AvgIpc) is 2.92. The van der Waals surface area contributed by atoms with Gasteiger partial charge in [0, 0.05) is 16.1 Å². The lowest BCUT2D eigenvalue weighted by atomic mass is 10.0. The number of hydrogen-bond acceptors (Lipinski definition) is 6. The number of ether oxygens (including phenoxy) is 1. The number of nitrogens with two attached hydrogens (primary N) is 1. The molecule has 0 radical (unpaired) electrons. The minimum Gasteiger partial charge on any atom is -0.462 e. The maximum atomic E-state index is 13.3. The number of esters is 1. The number of aryl methyl sites for hydroxylation is 1. The van der Waals surface area contributed by atoms with E-state index in [0.29, 0.717) is 16.1 Å². The van der Waals surface area contributed by atoms with E-state index in [1.54, 1.807) is 25.1 Å². The van der Waals surface area contributed by atoms with Crippen LogP contribution in [0, 0.1) is 24.1 Å². The molecular weight excluding hydrogens is 369 g/mol. The van der Waals surface area contributed by atoms with Gasteiger partial charge in [-0.05, 0) is 38.5 Å². The normalized spacial score (nSPS) is 11.4. The molecule has 0 atom stereocenters. The van der Waals surface area contributed by atoms with Crippen molar-refractivity contribution < 1.29 is 18.7 Å². The van der Waals surface area contributed by atoms with Crippen LogP contribution in [0.5, 0.6) is 0 Å². The lowest BCUT2D eigenvalue weighted by Gasteiger charge is -2.10. The zero-order chi connectivity index (χ0) is 20.1. The number of thiophene rings is 1. The van der Waals surface area contributed by atoms with Crippen LogP contribution in [0.2, 0.25) is 0 Å². The minimum atomic E-state index is -0.868. The molecule has 2 rings (SSSR count). The first-order valence-corrected chi connectivity index (χ1v) is 8.86. The van der Waals surface area contributed by atoms with E-state index >= 15 is 0 Å². The summed E-state index contributed by atoms with van der Waals surface area (Å²) in [4.78, 5) is 24.8. The molecule has 27 heavy (non-hydrogen) atoms. The van der Waals surface area contributed by atoms with Gasteiger partial charge < -0.3 is 15.8 Å². The van der Waals surface area contributed by atoms with E-state index in [1.807, 2.05) is 6.92 Å². The summed E-state index contributed by atoms with van der Waals surface area (Å²) in [5.41, 5.74) is 6.70. The van der Waals surface area contributed by atoms with Gasteiger partial charge in [-0.3, -0.25) is 4.79 Å². The molecule has 1 aromatic carbocycles.